The van der Waals surface area contributed by atoms with Crippen molar-refractivity contribution >= 4 is 10.8 Å². The molecule has 0 amide bonds. The van der Waals surface area contributed by atoms with Crippen molar-refractivity contribution in [2.75, 3.05) is 0 Å². The zero-order valence-corrected chi connectivity index (χ0v) is 9.67. The maximum Gasteiger partial charge on any atom is 0.0573 e. The van der Waals surface area contributed by atoms with Crippen molar-refractivity contribution in [3.63, 3.8) is 0 Å². The SMILES string of the molecule is Cc1ccc(S(=O)C(C)C(C)N)cc1. The average molecular weight is 211 g/mol. The zero-order valence-electron chi connectivity index (χ0n) is 8.86. The second kappa shape index (κ2) is 4.71. The molecule has 14 heavy (non-hydrogen) atoms. The third-order valence-corrected chi connectivity index (χ3v) is 4.17. The molecule has 0 radical (unpaired) electrons. The molecule has 0 aliphatic heterocycles. The fourth-order valence-corrected chi connectivity index (χ4v) is 2.31. The van der Waals surface area contributed by atoms with Crippen molar-refractivity contribution < 1.29 is 4.21 Å². The van der Waals surface area contributed by atoms with Crippen LogP contribution in [0, 0.1) is 6.92 Å². The van der Waals surface area contributed by atoms with Crippen molar-refractivity contribution in [1.82, 2.24) is 0 Å². The van der Waals surface area contributed by atoms with Gasteiger partial charge in [-0.25, -0.2) is 0 Å². The Kier molecular flexibility index (Phi) is 3.84. The lowest BCUT2D eigenvalue weighted by Gasteiger charge is -2.14. The van der Waals surface area contributed by atoms with Crippen molar-refractivity contribution in [3.05, 3.63) is 29.8 Å². The van der Waals surface area contributed by atoms with E-state index in [1.807, 2.05) is 45.0 Å². The number of hydrogen-bond acceptors (Lipinski definition) is 2. The summed E-state index contributed by atoms with van der Waals surface area (Å²) in [6.07, 6.45) is 0. The maximum absolute atomic E-state index is 11.9. The molecule has 2 N–H and O–H groups in total. The van der Waals surface area contributed by atoms with E-state index in [1.54, 1.807) is 0 Å². The van der Waals surface area contributed by atoms with E-state index >= 15 is 0 Å². The first-order valence-corrected chi connectivity index (χ1v) is 5.96. The van der Waals surface area contributed by atoms with Crippen LogP contribution in [0.2, 0.25) is 0 Å². The highest BCUT2D eigenvalue weighted by molar-refractivity contribution is 7.85. The Hall–Kier alpha value is -0.670. The number of hydrogen-bond donors (Lipinski definition) is 1. The molecule has 1 rings (SSSR count). The van der Waals surface area contributed by atoms with Gasteiger partial charge in [0.25, 0.3) is 0 Å². The van der Waals surface area contributed by atoms with Crippen molar-refractivity contribution in [2.45, 2.75) is 37.0 Å². The molecule has 0 saturated carbocycles. The van der Waals surface area contributed by atoms with Gasteiger partial charge in [-0.3, -0.25) is 4.21 Å². The van der Waals surface area contributed by atoms with Gasteiger partial charge >= 0.3 is 0 Å². The first-order chi connectivity index (χ1) is 6.52. The zero-order chi connectivity index (χ0) is 10.7. The first-order valence-electron chi connectivity index (χ1n) is 4.75. The van der Waals surface area contributed by atoms with Crippen LogP contribution < -0.4 is 5.73 Å². The van der Waals surface area contributed by atoms with E-state index in [4.69, 9.17) is 5.73 Å². The molecule has 0 heterocycles. The van der Waals surface area contributed by atoms with Crippen LogP contribution in [0.4, 0.5) is 0 Å². The van der Waals surface area contributed by atoms with E-state index in [2.05, 4.69) is 0 Å². The molecule has 0 aromatic heterocycles. The Morgan fingerprint density at radius 1 is 1.21 bits per heavy atom. The average Bonchev–Trinajstić information content (AvgIpc) is 2.16. The molecule has 3 heteroatoms. The minimum Gasteiger partial charge on any atom is -0.327 e. The molecule has 0 saturated heterocycles. The summed E-state index contributed by atoms with van der Waals surface area (Å²) in [4.78, 5) is 0.861. The monoisotopic (exact) mass is 211 g/mol. The predicted octanol–water partition coefficient (Wildman–Crippen LogP) is 1.84. The predicted molar refractivity (Wildman–Crippen MR) is 60.7 cm³/mol. The Labute approximate surface area is 88.0 Å². The summed E-state index contributed by atoms with van der Waals surface area (Å²) < 4.78 is 11.9. The molecule has 3 unspecified atom stereocenters. The summed E-state index contributed by atoms with van der Waals surface area (Å²) >= 11 is 0. The van der Waals surface area contributed by atoms with Crippen molar-refractivity contribution in [1.29, 1.82) is 0 Å². The van der Waals surface area contributed by atoms with Gasteiger partial charge in [-0.2, -0.15) is 0 Å². The third kappa shape index (κ3) is 2.66. The van der Waals surface area contributed by atoms with Crippen LogP contribution in [0.25, 0.3) is 0 Å². The normalized spacial score (nSPS) is 17.4. The van der Waals surface area contributed by atoms with E-state index in [0.29, 0.717) is 0 Å². The molecule has 3 atom stereocenters. The van der Waals surface area contributed by atoms with Gasteiger partial charge in [-0.05, 0) is 32.9 Å². The lowest BCUT2D eigenvalue weighted by atomic mass is 10.2. The lowest BCUT2D eigenvalue weighted by molar-refractivity contribution is 0.649. The maximum atomic E-state index is 11.9. The summed E-state index contributed by atoms with van der Waals surface area (Å²) in [6, 6.07) is 7.72. The van der Waals surface area contributed by atoms with Crippen LogP contribution in [-0.2, 0) is 10.8 Å². The van der Waals surface area contributed by atoms with Gasteiger partial charge in [-0.1, -0.05) is 17.7 Å². The number of benzene rings is 1. The Bertz CT molecular complexity index is 319. The molecule has 1 aromatic rings. The third-order valence-electron chi connectivity index (χ3n) is 2.33. The highest BCUT2D eigenvalue weighted by Gasteiger charge is 2.16. The molecule has 78 valence electrons. The summed E-state index contributed by atoms with van der Waals surface area (Å²) in [7, 11) is -0.992. The number of rotatable bonds is 3. The lowest BCUT2D eigenvalue weighted by Crippen LogP contribution is -2.32. The van der Waals surface area contributed by atoms with E-state index in [1.165, 1.54) is 5.56 Å². The highest BCUT2D eigenvalue weighted by atomic mass is 32.2. The van der Waals surface area contributed by atoms with Crippen molar-refractivity contribution in [2.24, 2.45) is 5.73 Å². The number of aryl methyl sites for hydroxylation is 1. The van der Waals surface area contributed by atoms with E-state index < -0.39 is 10.8 Å². The summed E-state index contributed by atoms with van der Waals surface area (Å²) in [5.74, 6) is 0. The van der Waals surface area contributed by atoms with E-state index in [9.17, 15) is 4.21 Å². The molecule has 0 aliphatic rings. The topological polar surface area (TPSA) is 43.1 Å². The fraction of sp³-hybridized carbons (Fsp3) is 0.455. The van der Waals surface area contributed by atoms with Gasteiger partial charge in [0.15, 0.2) is 0 Å². The van der Waals surface area contributed by atoms with Gasteiger partial charge in [0.05, 0.1) is 16.0 Å². The standard InChI is InChI=1S/C11H17NOS/c1-8-4-6-11(7-5-8)14(13)10(3)9(2)12/h4-7,9-10H,12H2,1-3H3. The molecule has 1 aromatic carbocycles. The van der Waals surface area contributed by atoms with Gasteiger partial charge in [-0.15, -0.1) is 0 Å². The Balaban J connectivity index is 2.84. The molecule has 2 nitrogen and oxygen atoms in total. The van der Waals surface area contributed by atoms with Gasteiger partial charge in [0.1, 0.15) is 0 Å². The number of nitrogens with two attached hydrogens (primary N) is 1. The molecule has 0 bridgehead atoms. The minimum absolute atomic E-state index is 0.00212. The van der Waals surface area contributed by atoms with Gasteiger partial charge in [0.2, 0.25) is 0 Å². The minimum atomic E-state index is -0.992. The first kappa shape index (κ1) is 11.4. The van der Waals surface area contributed by atoms with Crippen LogP contribution in [0.3, 0.4) is 0 Å². The molecule has 0 fully saturated rings. The van der Waals surface area contributed by atoms with Crippen LogP contribution in [0.5, 0.6) is 0 Å². The van der Waals surface area contributed by atoms with Gasteiger partial charge in [0, 0.05) is 10.9 Å². The van der Waals surface area contributed by atoms with Gasteiger partial charge < -0.3 is 5.73 Å². The Morgan fingerprint density at radius 3 is 2.14 bits per heavy atom. The molecular weight excluding hydrogens is 194 g/mol. The van der Waals surface area contributed by atoms with Crippen LogP contribution in [0.15, 0.2) is 29.2 Å². The summed E-state index contributed by atoms with van der Waals surface area (Å²) in [5.41, 5.74) is 6.89. The quantitative estimate of drug-likeness (QED) is 0.829. The fourth-order valence-electron chi connectivity index (χ4n) is 1.08. The van der Waals surface area contributed by atoms with E-state index in [0.717, 1.165) is 4.90 Å². The molecular formula is C11H17NOS. The summed E-state index contributed by atoms with van der Waals surface area (Å²) in [6.45, 7) is 5.82. The molecule has 0 spiro atoms. The van der Waals surface area contributed by atoms with E-state index in [-0.39, 0.29) is 11.3 Å². The molecule has 0 aliphatic carbocycles. The van der Waals surface area contributed by atoms with Crippen LogP contribution >= 0.6 is 0 Å². The largest absolute Gasteiger partial charge is 0.327 e. The Morgan fingerprint density at radius 2 is 1.71 bits per heavy atom. The van der Waals surface area contributed by atoms with Crippen LogP contribution in [0.1, 0.15) is 19.4 Å². The van der Waals surface area contributed by atoms with Crippen molar-refractivity contribution in [3.8, 4) is 0 Å². The second-order valence-corrected chi connectivity index (χ2v) is 5.48. The second-order valence-electron chi connectivity index (χ2n) is 3.67. The highest BCUT2D eigenvalue weighted by Crippen LogP contribution is 2.13. The smallest absolute Gasteiger partial charge is 0.0573 e. The summed E-state index contributed by atoms with van der Waals surface area (Å²) in [5, 5.41) is -0.00212. The van der Waals surface area contributed by atoms with Crippen LogP contribution in [-0.4, -0.2) is 15.5 Å².